The quantitative estimate of drug-likeness (QED) is 0.864. The highest BCUT2D eigenvalue weighted by atomic mass is 79.9. The van der Waals surface area contributed by atoms with E-state index in [0.717, 1.165) is 12.1 Å². The van der Waals surface area contributed by atoms with Crippen LogP contribution in [0.5, 0.6) is 0 Å². The van der Waals surface area contributed by atoms with Gasteiger partial charge in [-0.2, -0.15) is 0 Å². The van der Waals surface area contributed by atoms with Crippen molar-refractivity contribution in [2.45, 2.75) is 0 Å². The normalized spacial score (nSPS) is 10.2. The molecule has 18 heavy (non-hydrogen) atoms. The molecule has 1 aromatic heterocycles. The van der Waals surface area contributed by atoms with E-state index in [-0.39, 0.29) is 11.4 Å². The summed E-state index contributed by atoms with van der Waals surface area (Å²) >= 11 is 3.13. The van der Waals surface area contributed by atoms with Crippen molar-refractivity contribution in [2.24, 2.45) is 0 Å². The van der Waals surface area contributed by atoms with E-state index in [4.69, 9.17) is 0 Å². The number of halogens is 3. The molecular formula is C12H7BrF2N2O. The van der Waals surface area contributed by atoms with E-state index in [9.17, 15) is 13.6 Å². The summed E-state index contributed by atoms with van der Waals surface area (Å²) in [6, 6.07) is 7.70. The van der Waals surface area contributed by atoms with Crippen molar-refractivity contribution in [2.75, 3.05) is 5.32 Å². The van der Waals surface area contributed by atoms with Gasteiger partial charge in [-0.25, -0.2) is 13.8 Å². The van der Waals surface area contributed by atoms with E-state index in [1.54, 1.807) is 12.1 Å². The smallest absolute Gasteiger partial charge is 0.274 e. The Hall–Kier alpha value is -1.82. The second kappa shape index (κ2) is 5.22. The van der Waals surface area contributed by atoms with Crippen LogP contribution in [0.4, 0.5) is 14.5 Å². The maximum atomic E-state index is 13.3. The van der Waals surface area contributed by atoms with Crippen molar-refractivity contribution in [3.63, 3.8) is 0 Å². The van der Waals surface area contributed by atoms with Gasteiger partial charge in [-0.1, -0.05) is 6.07 Å². The Morgan fingerprint density at radius 1 is 1.22 bits per heavy atom. The zero-order chi connectivity index (χ0) is 13.1. The lowest BCUT2D eigenvalue weighted by Gasteiger charge is -2.06. The highest BCUT2D eigenvalue weighted by Gasteiger charge is 2.11. The molecule has 1 N–H and O–H groups in total. The van der Waals surface area contributed by atoms with Gasteiger partial charge in [0.1, 0.15) is 21.9 Å². The molecule has 1 heterocycles. The van der Waals surface area contributed by atoms with Crippen molar-refractivity contribution in [1.29, 1.82) is 0 Å². The molecular weight excluding hydrogens is 306 g/mol. The SMILES string of the molecule is O=C(Nc1ccc(F)cc1F)c1cccc(Br)n1. The first kappa shape index (κ1) is 12.6. The number of hydrogen-bond acceptors (Lipinski definition) is 2. The summed E-state index contributed by atoms with van der Waals surface area (Å²) in [6.07, 6.45) is 0. The molecule has 0 unspecified atom stereocenters. The van der Waals surface area contributed by atoms with E-state index in [0.29, 0.717) is 10.7 Å². The average Bonchev–Trinajstić information content (AvgIpc) is 2.32. The van der Waals surface area contributed by atoms with E-state index < -0.39 is 17.5 Å². The van der Waals surface area contributed by atoms with Crippen LogP contribution < -0.4 is 5.32 Å². The van der Waals surface area contributed by atoms with Crippen LogP contribution in [0.3, 0.4) is 0 Å². The molecule has 0 spiro atoms. The number of amides is 1. The predicted octanol–water partition coefficient (Wildman–Crippen LogP) is 3.37. The highest BCUT2D eigenvalue weighted by Crippen LogP contribution is 2.16. The molecule has 1 aromatic carbocycles. The molecule has 0 atom stereocenters. The number of pyridine rings is 1. The molecule has 1 amide bonds. The second-order valence-electron chi connectivity index (χ2n) is 3.42. The van der Waals surface area contributed by atoms with Gasteiger partial charge in [-0.05, 0) is 40.2 Å². The standard InChI is InChI=1S/C12H7BrF2N2O/c13-11-3-1-2-10(16-11)12(18)17-9-5-4-7(14)6-8(9)15/h1-6H,(H,17,18). The first-order chi connectivity index (χ1) is 8.56. The summed E-state index contributed by atoms with van der Waals surface area (Å²) in [5.74, 6) is -2.11. The van der Waals surface area contributed by atoms with E-state index >= 15 is 0 Å². The number of hydrogen-bond donors (Lipinski definition) is 1. The molecule has 0 saturated carbocycles. The maximum absolute atomic E-state index is 13.3. The molecule has 0 aliphatic heterocycles. The number of nitrogens with zero attached hydrogens (tertiary/aromatic N) is 1. The minimum absolute atomic E-state index is 0.0943. The fourth-order valence-corrected chi connectivity index (χ4v) is 1.66. The van der Waals surface area contributed by atoms with Crippen molar-refractivity contribution < 1.29 is 13.6 Å². The average molecular weight is 313 g/mol. The highest BCUT2D eigenvalue weighted by molar-refractivity contribution is 9.10. The minimum Gasteiger partial charge on any atom is -0.318 e. The molecule has 0 fully saturated rings. The molecule has 3 nitrogen and oxygen atoms in total. The van der Waals surface area contributed by atoms with Crippen molar-refractivity contribution in [3.05, 3.63) is 58.3 Å². The predicted molar refractivity (Wildman–Crippen MR) is 66.2 cm³/mol. The lowest BCUT2D eigenvalue weighted by molar-refractivity contribution is 0.102. The van der Waals surface area contributed by atoms with Gasteiger partial charge < -0.3 is 5.32 Å². The largest absolute Gasteiger partial charge is 0.318 e. The van der Waals surface area contributed by atoms with Crippen LogP contribution in [0.1, 0.15) is 10.5 Å². The monoisotopic (exact) mass is 312 g/mol. The molecule has 6 heteroatoms. The third-order valence-electron chi connectivity index (χ3n) is 2.13. The summed E-state index contributed by atoms with van der Waals surface area (Å²) in [7, 11) is 0. The number of benzene rings is 1. The number of rotatable bonds is 2. The topological polar surface area (TPSA) is 42.0 Å². The molecule has 0 saturated heterocycles. The van der Waals surface area contributed by atoms with Crippen LogP contribution in [0.2, 0.25) is 0 Å². The van der Waals surface area contributed by atoms with Gasteiger partial charge in [-0.15, -0.1) is 0 Å². The lowest BCUT2D eigenvalue weighted by Crippen LogP contribution is -2.14. The van der Waals surface area contributed by atoms with Crippen LogP contribution in [0.25, 0.3) is 0 Å². The molecule has 2 aromatic rings. The Balaban J connectivity index is 2.21. The second-order valence-corrected chi connectivity index (χ2v) is 4.24. The Bertz CT molecular complexity index is 604. The lowest BCUT2D eigenvalue weighted by atomic mass is 10.2. The van der Waals surface area contributed by atoms with Gasteiger partial charge in [0.05, 0.1) is 5.69 Å². The van der Waals surface area contributed by atoms with Crippen LogP contribution in [-0.4, -0.2) is 10.9 Å². The van der Waals surface area contributed by atoms with Gasteiger partial charge in [0.25, 0.3) is 5.91 Å². The Morgan fingerprint density at radius 2 is 2.00 bits per heavy atom. The first-order valence-corrected chi connectivity index (χ1v) is 5.74. The summed E-state index contributed by atoms with van der Waals surface area (Å²) in [5, 5.41) is 2.32. The molecule has 0 aliphatic rings. The van der Waals surface area contributed by atoms with Crippen molar-refractivity contribution in [3.8, 4) is 0 Å². The maximum Gasteiger partial charge on any atom is 0.274 e. The zero-order valence-corrected chi connectivity index (χ0v) is 10.5. The number of aromatic nitrogens is 1. The molecule has 2 rings (SSSR count). The molecule has 92 valence electrons. The van der Waals surface area contributed by atoms with Crippen molar-refractivity contribution >= 4 is 27.5 Å². The third kappa shape index (κ3) is 2.89. The summed E-state index contributed by atoms with van der Waals surface area (Å²) < 4.78 is 26.5. The van der Waals surface area contributed by atoms with Gasteiger partial charge in [0, 0.05) is 6.07 Å². The number of anilines is 1. The van der Waals surface area contributed by atoms with Gasteiger partial charge >= 0.3 is 0 Å². The van der Waals surface area contributed by atoms with Crippen LogP contribution >= 0.6 is 15.9 Å². The fourth-order valence-electron chi connectivity index (χ4n) is 1.31. The Labute approximate surface area is 110 Å². The van der Waals surface area contributed by atoms with Crippen LogP contribution in [0.15, 0.2) is 41.0 Å². The van der Waals surface area contributed by atoms with E-state index in [2.05, 4.69) is 26.2 Å². The Morgan fingerprint density at radius 3 is 2.67 bits per heavy atom. The summed E-state index contributed by atoms with van der Waals surface area (Å²) in [4.78, 5) is 15.7. The van der Waals surface area contributed by atoms with Gasteiger partial charge in [-0.3, -0.25) is 4.79 Å². The van der Waals surface area contributed by atoms with Crippen LogP contribution in [-0.2, 0) is 0 Å². The Kier molecular flexibility index (Phi) is 3.66. The molecule has 0 bridgehead atoms. The van der Waals surface area contributed by atoms with Crippen LogP contribution in [0, 0.1) is 11.6 Å². The fraction of sp³-hybridized carbons (Fsp3) is 0. The number of nitrogens with one attached hydrogen (secondary N) is 1. The summed E-state index contributed by atoms with van der Waals surface area (Å²) in [6.45, 7) is 0. The van der Waals surface area contributed by atoms with Crippen molar-refractivity contribution in [1.82, 2.24) is 4.98 Å². The van der Waals surface area contributed by atoms with E-state index in [1.165, 1.54) is 6.07 Å². The molecule has 0 radical (unpaired) electrons. The molecule has 0 aliphatic carbocycles. The van der Waals surface area contributed by atoms with Gasteiger partial charge in [0.15, 0.2) is 0 Å². The van der Waals surface area contributed by atoms with E-state index in [1.807, 2.05) is 0 Å². The van der Waals surface area contributed by atoms with Gasteiger partial charge in [0.2, 0.25) is 0 Å². The number of carbonyl (C=O) groups excluding carboxylic acids is 1. The number of carbonyl (C=O) groups is 1. The summed E-state index contributed by atoms with van der Waals surface area (Å²) in [5.41, 5.74) is 0.0382. The zero-order valence-electron chi connectivity index (χ0n) is 8.95. The minimum atomic E-state index is -0.835. The third-order valence-corrected chi connectivity index (χ3v) is 2.57. The first-order valence-electron chi connectivity index (χ1n) is 4.95.